The maximum atomic E-state index is 12.9. The standard InChI is InChI=1S/C23H27N3O2/c1-5-16(13-14-24-4)25-22(27)19-11-8-12-20-21(19)26-23(28-20)18-10-7-6-9-17(18)15(2)3/h6-12,14-16H,5,13H2,1-4H3,(H,25,27). The van der Waals surface area contributed by atoms with Crippen LogP contribution in [-0.4, -0.2) is 30.2 Å². The van der Waals surface area contributed by atoms with Gasteiger partial charge in [0.25, 0.3) is 5.91 Å². The highest BCUT2D eigenvalue weighted by atomic mass is 16.3. The summed E-state index contributed by atoms with van der Waals surface area (Å²) in [5, 5.41) is 3.08. The van der Waals surface area contributed by atoms with Crippen molar-refractivity contribution in [1.29, 1.82) is 0 Å². The van der Waals surface area contributed by atoms with E-state index in [9.17, 15) is 4.79 Å². The molecule has 1 aromatic heterocycles. The molecule has 3 aromatic rings. The normalized spacial score (nSPS) is 12.8. The van der Waals surface area contributed by atoms with Crippen LogP contribution in [0.4, 0.5) is 0 Å². The Morgan fingerprint density at radius 3 is 2.71 bits per heavy atom. The molecular formula is C23H27N3O2. The van der Waals surface area contributed by atoms with Crippen LogP contribution in [0.1, 0.15) is 55.5 Å². The minimum absolute atomic E-state index is 0.0412. The van der Waals surface area contributed by atoms with Crippen LogP contribution in [0.2, 0.25) is 0 Å². The predicted molar refractivity (Wildman–Crippen MR) is 114 cm³/mol. The van der Waals surface area contributed by atoms with E-state index < -0.39 is 0 Å². The van der Waals surface area contributed by atoms with Gasteiger partial charge in [-0.25, -0.2) is 4.98 Å². The van der Waals surface area contributed by atoms with Crippen LogP contribution in [0.5, 0.6) is 0 Å². The first-order valence-electron chi connectivity index (χ1n) is 9.75. The van der Waals surface area contributed by atoms with Gasteiger partial charge in [-0.1, -0.05) is 45.0 Å². The van der Waals surface area contributed by atoms with Gasteiger partial charge in [-0.3, -0.25) is 4.79 Å². The molecule has 146 valence electrons. The van der Waals surface area contributed by atoms with Crippen molar-refractivity contribution in [2.24, 2.45) is 4.99 Å². The summed E-state index contributed by atoms with van der Waals surface area (Å²) in [6, 6.07) is 13.6. The number of carbonyl (C=O) groups is 1. The van der Waals surface area contributed by atoms with Crippen LogP contribution < -0.4 is 5.32 Å². The second kappa shape index (κ2) is 8.83. The first-order valence-corrected chi connectivity index (χ1v) is 9.75. The van der Waals surface area contributed by atoms with E-state index in [0.29, 0.717) is 34.9 Å². The van der Waals surface area contributed by atoms with Gasteiger partial charge in [0.05, 0.1) is 5.56 Å². The Morgan fingerprint density at radius 1 is 1.21 bits per heavy atom. The number of nitrogens with zero attached hydrogens (tertiary/aromatic N) is 2. The summed E-state index contributed by atoms with van der Waals surface area (Å²) in [6.45, 7) is 6.34. The molecule has 0 aliphatic heterocycles. The number of benzene rings is 2. The summed E-state index contributed by atoms with van der Waals surface area (Å²) >= 11 is 0. The highest BCUT2D eigenvalue weighted by Crippen LogP contribution is 2.31. The lowest BCUT2D eigenvalue weighted by atomic mass is 9.97. The molecule has 0 spiro atoms. The fourth-order valence-electron chi connectivity index (χ4n) is 3.27. The number of hydrogen-bond acceptors (Lipinski definition) is 4. The summed E-state index contributed by atoms with van der Waals surface area (Å²) in [4.78, 5) is 21.6. The highest BCUT2D eigenvalue weighted by Gasteiger charge is 2.19. The second-order valence-electron chi connectivity index (χ2n) is 7.17. The molecular weight excluding hydrogens is 350 g/mol. The third kappa shape index (κ3) is 4.14. The third-order valence-electron chi connectivity index (χ3n) is 4.88. The van der Waals surface area contributed by atoms with Crippen LogP contribution in [0.3, 0.4) is 0 Å². The number of aliphatic imine (C=N–C) groups is 1. The van der Waals surface area contributed by atoms with Gasteiger partial charge in [0.2, 0.25) is 5.89 Å². The molecule has 1 heterocycles. The number of aromatic nitrogens is 1. The van der Waals surface area contributed by atoms with Crippen molar-refractivity contribution in [2.75, 3.05) is 7.05 Å². The summed E-state index contributed by atoms with van der Waals surface area (Å²) in [6.07, 6.45) is 3.37. The van der Waals surface area contributed by atoms with Crippen molar-refractivity contribution in [1.82, 2.24) is 10.3 Å². The number of para-hydroxylation sites is 1. The topological polar surface area (TPSA) is 67.5 Å². The molecule has 1 unspecified atom stereocenters. The largest absolute Gasteiger partial charge is 0.436 e. The molecule has 5 heteroatoms. The molecule has 5 nitrogen and oxygen atoms in total. The van der Waals surface area contributed by atoms with Gasteiger partial charge < -0.3 is 14.7 Å². The average Bonchev–Trinajstić information content (AvgIpc) is 3.15. The fraction of sp³-hybridized carbons (Fsp3) is 0.348. The number of hydrogen-bond donors (Lipinski definition) is 1. The quantitative estimate of drug-likeness (QED) is 0.574. The fourth-order valence-corrected chi connectivity index (χ4v) is 3.27. The van der Waals surface area contributed by atoms with E-state index in [2.05, 4.69) is 35.2 Å². The van der Waals surface area contributed by atoms with Crippen LogP contribution in [-0.2, 0) is 0 Å². The Hall–Kier alpha value is -2.95. The minimum atomic E-state index is -0.140. The summed E-state index contributed by atoms with van der Waals surface area (Å²) in [5.74, 6) is 0.753. The molecule has 0 aliphatic carbocycles. The zero-order valence-corrected chi connectivity index (χ0v) is 16.9. The van der Waals surface area contributed by atoms with Crippen molar-refractivity contribution in [3.05, 3.63) is 53.6 Å². The van der Waals surface area contributed by atoms with Crippen LogP contribution in [0.15, 0.2) is 51.9 Å². The Labute approximate surface area is 165 Å². The molecule has 1 atom stereocenters. The number of carbonyl (C=O) groups excluding carboxylic acids is 1. The van der Waals surface area contributed by atoms with Crippen LogP contribution >= 0.6 is 0 Å². The maximum Gasteiger partial charge on any atom is 0.253 e. The van der Waals surface area contributed by atoms with Gasteiger partial charge in [-0.2, -0.15) is 0 Å². The Kier molecular flexibility index (Phi) is 6.24. The van der Waals surface area contributed by atoms with Crippen molar-refractivity contribution in [2.45, 2.75) is 45.6 Å². The molecule has 0 bridgehead atoms. The van der Waals surface area contributed by atoms with Gasteiger partial charge in [-0.15, -0.1) is 0 Å². The highest BCUT2D eigenvalue weighted by molar-refractivity contribution is 6.05. The van der Waals surface area contributed by atoms with E-state index in [1.165, 1.54) is 5.56 Å². The van der Waals surface area contributed by atoms with Gasteiger partial charge in [0, 0.05) is 31.3 Å². The number of rotatable bonds is 7. The lowest BCUT2D eigenvalue weighted by molar-refractivity contribution is 0.0939. The molecule has 3 rings (SSSR count). The molecule has 1 N–H and O–H groups in total. The van der Waals surface area contributed by atoms with E-state index in [-0.39, 0.29) is 11.9 Å². The Balaban J connectivity index is 1.97. The number of amides is 1. The molecule has 2 aromatic carbocycles. The van der Waals surface area contributed by atoms with E-state index >= 15 is 0 Å². The smallest absolute Gasteiger partial charge is 0.253 e. The second-order valence-corrected chi connectivity index (χ2v) is 7.17. The van der Waals surface area contributed by atoms with Crippen molar-refractivity contribution in [3.63, 3.8) is 0 Å². The van der Waals surface area contributed by atoms with E-state index in [1.54, 1.807) is 13.1 Å². The van der Waals surface area contributed by atoms with E-state index in [0.717, 1.165) is 12.0 Å². The van der Waals surface area contributed by atoms with E-state index in [4.69, 9.17) is 4.42 Å². The number of nitrogens with one attached hydrogen (secondary N) is 1. The molecule has 1 amide bonds. The summed E-state index contributed by atoms with van der Waals surface area (Å²) in [5.41, 5.74) is 3.87. The predicted octanol–water partition coefficient (Wildman–Crippen LogP) is 5.22. The van der Waals surface area contributed by atoms with Crippen molar-refractivity contribution >= 4 is 23.2 Å². The number of oxazole rings is 1. The molecule has 0 saturated heterocycles. The van der Waals surface area contributed by atoms with Crippen molar-refractivity contribution < 1.29 is 9.21 Å². The van der Waals surface area contributed by atoms with Gasteiger partial charge >= 0.3 is 0 Å². The number of fused-ring (bicyclic) bond motifs is 1. The molecule has 0 radical (unpaired) electrons. The van der Waals surface area contributed by atoms with E-state index in [1.807, 2.05) is 43.5 Å². The molecule has 0 fully saturated rings. The van der Waals surface area contributed by atoms with Crippen molar-refractivity contribution in [3.8, 4) is 11.5 Å². The molecule has 0 saturated carbocycles. The Bertz CT molecular complexity index is 988. The zero-order chi connectivity index (χ0) is 20.1. The first kappa shape index (κ1) is 19.8. The van der Waals surface area contributed by atoms with Gasteiger partial charge in [-0.05, 0) is 36.1 Å². The van der Waals surface area contributed by atoms with Crippen LogP contribution in [0, 0.1) is 0 Å². The van der Waals surface area contributed by atoms with Crippen LogP contribution in [0.25, 0.3) is 22.6 Å². The lowest BCUT2D eigenvalue weighted by Crippen LogP contribution is -2.34. The molecule has 0 aliphatic rings. The first-order chi connectivity index (χ1) is 13.5. The SMILES string of the molecule is CCC(CC=NC)NC(=O)c1cccc2oc(-c3ccccc3C(C)C)nc12. The maximum absolute atomic E-state index is 12.9. The minimum Gasteiger partial charge on any atom is -0.436 e. The summed E-state index contributed by atoms with van der Waals surface area (Å²) in [7, 11) is 1.74. The van der Waals surface area contributed by atoms with Gasteiger partial charge in [0.1, 0.15) is 5.52 Å². The summed E-state index contributed by atoms with van der Waals surface area (Å²) < 4.78 is 6.02. The molecule has 28 heavy (non-hydrogen) atoms. The Morgan fingerprint density at radius 2 is 2.00 bits per heavy atom. The van der Waals surface area contributed by atoms with Gasteiger partial charge in [0.15, 0.2) is 5.58 Å². The lowest BCUT2D eigenvalue weighted by Gasteiger charge is -2.14. The third-order valence-corrected chi connectivity index (χ3v) is 4.88. The zero-order valence-electron chi connectivity index (χ0n) is 16.9. The average molecular weight is 377 g/mol. The monoisotopic (exact) mass is 377 g/mol.